The summed E-state index contributed by atoms with van der Waals surface area (Å²) in [5, 5.41) is 7.83. The quantitative estimate of drug-likeness (QED) is 0.914. The monoisotopic (exact) mass is 291 g/mol. The molecule has 0 aliphatic heterocycles. The van der Waals surface area contributed by atoms with Gasteiger partial charge in [-0.3, -0.25) is 0 Å². The van der Waals surface area contributed by atoms with E-state index in [1.54, 1.807) is 0 Å². The third-order valence-corrected chi connectivity index (χ3v) is 5.26. The predicted octanol–water partition coefficient (Wildman–Crippen LogP) is 3.89. The first-order valence-corrected chi connectivity index (χ1v) is 8.51. The fraction of sp³-hybridized carbons (Fsp3) is 0.882. The summed E-state index contributed by atoms with van der Waals surface area (Å²) >= 11 is 0. The number of hydrogen-bond donors (Lipinski definition) is 1. The Morgan fingerprint density at radius 1 is 1.24 bits per heavy atom. The van der Waals surface area contributed by atoms with Gasteiger partial charge in [0.15, 0.2) is 5.82 Å². The van der Waals surface area contributed by atoms with E-state index in [1.807, 2.05) is 0 Å². The maximum atomic E-state index is 5.29. The Hall–Kier alpha value is -0.900. The molecule has 3 aliphatic rings. The minimum atomic E-state index is 0.216. The summed E-state index contributed by atoms with van der Waals surface area (Å²) < 4.78 is 5.29. The first kappa shape index (κ1) is 15.0. The van der Waals surface area contributed by atoms with E-state index in [-0.39, 0.29) is 5.54 Å². The molecular weight excluding hydrogens is 262 g/mol. The van der Waals surface area contributed by atoms with E-state index in [2.05, 4.69) is 43.2 Å². The molecule has 2 bridgehead atoms. The van der Waals surface area contributed by atoms with Crippen LogP contribution in [0.2, 0.25) is 0 Å². The first-order chi connectivity index (χ1) is 9.93. The molecule has 1 N–H and O–H groups in total. The molecule has 3 saturated carbocycles. The van der Waals surface area contributed by atoms with Crippen molar-refractivity contribution in [1.82, 2.24) is 15.5 Å². The van der Waals surface area contributed by atoms with Gasteiger partial charge in [-0.05, 0) is 56.8 Å². The van der Waals surface area contributed by atoms with Crippen molar-refractivity contribution in [2.24, 2.45) is 17.8 Å². The molecule has 21 heavy (non-hydrogen) atoms. The van der Waals surface area contributed by atoms with Gasteiger partial charge < -0.3 is 9.84 Å². The van der Waals surface area contributed by atoms with Gasteiger partial charge in [-0.1, -0.05) is 25.9 Å². The zero-order valence-corrected chi connectivity index (χ0v) is 13.9. The highest BCUT2D eigenvalue weighted by atomic mass is 16.5. The van der Waals surface area contributed by atoms with Crippen LogP contribution in [-0.2, 0) is 6.54 Å². The van der Waals surface area contributed by atoms with E-state index < -0.39 is 0 Å². The van der Waals surface area contributed by atoms with Gasteiger partial charge in [0.1, 0.15) is 0 Å². The molecule has 4 heteroatoms. The fourth-order valence-corrected chi connectivity index (χ4v) is 4.39. The van der Waals surface area contributed by atoms with Gasteiger partial charge in [0.2, 0.25) is 5.89 Å². The van der Waals surface area contributed by atoms with Crippen LogP contribution in [0.1, 0.15) is 77.4 Å². The Kier molecular flexibility index (Phi) is 4.08. The first-order valence-electron chi connectivity index (χ1n) is 8.51. The molecule has 3 aliphatic carbocycles. The third kappa shape index (κ3) is 3.47. The second kappa shape index (κ2) is 5.71. The van der Waals surface area contributed by atoms with Crippen molar-refractivity contribution in [3.8, 4) is 0 Å². The molecule has 4 nitrogen and oxygen atoms in total. The highest BCUT2D eigenvalue weighted by Gasteiger charge is 2.40. The van der Waals surface area contributed by atoms with Crippen LogP contribution < -0.4 is 5.32 Å². The molecule has 0 amide bonds. The largest absolute Gasteiger partial charge is 0.339 e. The SMILES string of the molecule is CC1CC2CC(C2)CC(C)(NCc2noc(C(C)C)n2)C1. The molecule has 0 radical (unpaired) electrons. The minimum absolute atomic E-state index is 0.216. The average Bonchev–Trinajstić information content (AvgIpc) is 2.80. The van der Waals surface area contributed by atoms with Crippen molar-refractivity contribution in [3.63, 3.8) is 0 Å². The van der Waals surface area contributed by atoms with Crippen LogP contribution in [0, 0.1) is 17.8 Å². The van der Waals surface area contributed by atoms with Gasteiger partial charge >= 0.3 is 0 Å². The van der Waals surface area contributed by atoms with Crippen molar-refractivity contribution in [2.75, 3.05) is 0 Å². The lowest BCUT2D eigenvalue weighted by Crippen LogP contribution is -2.48. The number of fused-ring (bicyclic) bond motifs is 4. The summed E-state index contributed by atoms with van der Waals surface area (Å²) in [5.74, 6) is 4.59. The van der Waals surface area contributed by atoms with Gasteiger partial charge in [-0.25, -0.2) is 0 Å². The fourth-order valence-electron chi connectivity index (χ4n) is 4.39. The number of aromatic nitrogens is 2. The third-order valence-electron chi connectivity index (χ3n) is 5.26. The Bertz CT molecular complexity index is 474. The zero-order chi connectivity index (χ0) is 15.0. The Morgan fingerprint density at radius 3 is 2.67 bits per heavy atom. The zero-order valence-electron chi connectivity index (χ0n) is 13.9. The summed E-state index contributed by atoms with van der Waals surface area (Å²) in [6.07, 6.45) is 6.85. The smallest absolute Gasteiger partial charge is 0.229 e. The standard InChI is InChI=1S/C17H29N3O/c1-11(2)16-19-15(20-21-16)10-18-17(4)8-12(3)5-13-6-14(7-13)9-17/h11-14,18H,5-10H2,1-4H3. The van der Waals surface area contributed by atoms with Crippen LogP contribution in [0.25, 0.3) is 0 Å². The Labute approximate surface area is 128 Å². The van der Waals surface area contributed by atoms with Gasteiger partial charge in [0, 0.05) is 11.5 Å². The van der Waals surface area contributed by atoms with Crippen LogP contribution in [0.4, 0.5) is 0 Å². The molecule has 0 aromatic carbocycles. The molecule has 1 aromatic rings. The topological polar surface area (TPSA) is 51.0 Å². The van der Waals surface area contributed by atoms with Crippen molar-refractivity contribution in [3.05, 3.63) is 11.7 Å². The number of nitrogens with one attached hydrogen (secondary N) is 1. The summed E-state index contributed by atoms with van der Waals surface area (Å²) in [4.78, 5) is 4.47. The molecule has 2 unspecified atom stereocenters. The van der Waals surface area contributed by atoms with Crippen LogP contribution in [-0.4, -0.2) is 15.7 Å². The highest BCUT2D eigenvalue weighted by molar-refractivity contribution is 4.97. The summed E-state index contributed by atoms with van der Waals surface area (Å²) in [6.45, 7) is 9.66. The minimum Gasteiger partial charge on any atom is -0.339 e. The van der Waals surface area contributed by atoms with Crippen LogP contribution in [0.15, 0.2) is 4.52 Å². The maximum absolute atomic E-state index is 5.29. The van der Waals surface area contributed by atoms with Crippen molar-refractivity contribution < 1.29 is 4.52 Å². The van der Waals surface area contributed by atoms with Gasteiger partial charge in [-0.15, -0.1) is 0 Å². The van der Waals surface area contributed by atoms with Crippen molar-refractivity contribution in [2.45, 2.75) is 77.8 Å². The number of nitrogens with zero attached hydrogens (tertiary/aromatic N) is 2. The van der Waals surface area contributed by atoms with E-state index in [0.29, 0.717) is 5.92 Å². The van der Waals surface area contributed by atoms with E-state index in [4.69, 9.17) is 4.52 Å². The van der Waals surface area contributed by atoms with Gasteiger partial charge in [0.25, 0.3) is 0 Å². The Morgan fingerprint density at radius 2 is 2.00 bits per heavy atom. The van der Waals surface area contributed by atoms with Gasteiger partial charge in [-0.2, -0.15) is 4.98 Å². The molecule has 2 atom stereocenters. The Balaban J connectivity index is 1.61. The molecule has 1 aromatic heterocycles. The molecule has 4 rings (SSSR count). The number of hydrogen-bond acceptors (Lipinski definition) is 4. The lowest BCUT2D eigenvalue weighted by atomic mass is 9.62. The molecule has 3 fully saturated rings. The van der Waals surface area contributed by atoms with Crippen LogP contribution in [0.5, 0.6) is 0 Å². The van der Waals surface area contributed by atoms with E-state index in [1.165, 1.54) is 32.1 Å². The molecule has 0 saturated heterocycles. The normalized spacial score (nSPS) is 36.1. The van der Waals surface area contributed by atoms with E-state index in [9.17, 15) is 0 Å². The van der Waals surface area contributed by atoms with E-state index in [0.717, 1.165) is 36.0 Å². The lowest BCUT2D eigenvalue weighted by Gasteiger charge is -2.47. The number of rotatable bonds is 4. The molecule has 0 spiro atoms. The molecule has 1 heterocycles. The maximum Gasteiger partial charge on any atom is 0.229 e. The summed E-state index contributed by atoms with van der Waals surface area (Å²) in [6, 6.07) is 0. The van der Waals surface area contributed by atoms with Crippen LogP contribution in [0.3, 0.4) is 0 Å². The molecular formula is C17H29N3O. The van der Waals surface area contributed by atoms with Crippen molar-refractivity contribution >= 4 is 0 Å². The second-order valence-electron chi connectivity index (χ2n) is 8.07. The molecule has 118 valence electrons. The van der Waals surface area contributed by atoms with Crippen LogP contribution >= 0.6 is 0 Å². The highest BCUT2D eigenvalue weighted by Crippen LogP contribution is 2.46. The van der Waals surface area contributed by atoms with Gasteiger partial charge in [0.05, 0.1) is 6.54 Å². The lowest BCUT2D eigenvalue weighted by molar-refractivity contribution is 0.0698. The van der Waals surface area contributed by atoms with E-state index >= 15 is 0 Å². The second-order valence-corrected chi connectivity index (χ2v) is 8.07. The summed E-state index contributed by atoms with van der Waals surface area (Å²) in [5.41, 5.74) is 0.216. The predicted molar refractivity (Wildman–Crippen MR) is 82.9 cm³/mol. The average molecular weight is 291 g/mol. The summed E-state index contributed by atoms with van der Waals surface area (Å²) in [7, 11) is 0. The van der Waals surface area contributed by atoms with Crippen molar-refractivity contribution in [1.29, 1.82) is 0 Å².